The molecule has 1 aromatic carbocycles. The fourth-order valence-corrected chi connectivity index (χ4v) is 2.36. The lowest BCUT2D eigenvalue weighted by molar-refractivity contribution is -0.115. The quantitative estimate of drug-likeness (QED) is 0.797. The van der Waals surface area contributed by atoms with Crippen LogP contribution in [0, 0.1) is 20.8 Å². The van der Waals surface area contributed by atoms with Crippen molar-refractivity contribution >= 4 is 11.9 Å². The Kier molecular flexibility index (Phi) is 4.37. The normalized spacial score (nSPS) is 10.6. The van der Waals surface area contributed by atoms with Crippen LogP contribution < -0.4 is 5.32 Å². The van der Waals surface area contributed by atoms with Gasteiger partial charge in [-0.1, -0.05) is 35.0 Å². The lowest BCUT2D eigenvalue weighted by Crippen LogP contribution is -2.17. The van der Waals surface area contributed by atoms with Gasteiger partial charge in [-0.3, -0.25) is 10.1 Å². The highest BCUT2D eigenvalue weighted by Crippen LogP contribution is 2.21. The van der Waals surface area contributed by atoms with E-state index in [2.05, 4.69) is 20.4 Å². The Hall–Kier alpha value is -3.02. The largest absolute Gasteiger partial charge is 0.356 e. The van der Waals surface area contributed by atoms with Gasteiger partial charge in [-0.2, -0.15) is 0 Å². The molecule has 2 aromatic heterocycles. The molecule has 0 atom stereocenters. The zero-order valence-corrected chi connectivity index (χ0v) is 13.8. The molecule has 0 unspecified atom stereocenters. The topological polar surface area (TPSA) is 80.9 Å². The third-order valence-electron chi connectivity index (χ3n) is 3.47. The third-order valence-corrected chi connectivity index (χ3v) is 3.47. The molecule has 2 heterocycles. The number of aryl methyl sites for hydroxylation is 3. The summed E-state index contributed by atoms with van der Waals surface area (Å²) in [5, 5.41) is 6.64. The minimum atomic E-state index is -0.233. The molecule has 3 aromatic rings. The maximum absolute atomic E-state index is 12.1. The second-order valence-electron chi connectivity index (χ2n) is 5.75. The van der Waals surface area contributed by atoms with E-state index < -0.39 is 0 Å². The van der Waals surface area contributed by atoms with Gasteiger partial charge in [-0.15, -0.1) is 0 Å². The summed E-state index contributed by atoms with van der Waals surface area (Å²) >= 11 is 0. The average molecular weight is 322 g/mol. The van der Waals surface area contributed by atoms with E-state index in [1.165, 1.54) is 5.56 Å². The van der Waals surface area contributed by atoms with Crippen molar-refractivity contribution in [2.45, 2.75) is 27.2 Å². The minimum absolute atomic E-state index is 0.103. The van der Waals surface area contributed by atoms with Crippen molar-refractivity contribution in [3.05, 3.63) is 59.0 Å². The molecule has 24 heavy (non-hydrogen) atoms. The Morgan fingerprint density at radius 3 is 2.38 bits per heavy atom. The van der Waals surface area contributed by atoms with Gasteiger partial charge in [0.1, 0.15) is 0 Å². The first-order valence-corrected chi connectivity index (χ1v) is 7.64. The molecule has 6 nitrogen and oxygen atoms in total. The van der Waals surface area contributed by atoms with Crippen LogP contribution in [0.1, 0.15) is 22.6 Å². The molecule has 0 fully saturated rings. The Labute approximate surface area is 139 Å². The molecule has 0 aliphatic carbocycles. The summed E-state index contributed by atoms with van der Waals surface area (Å²) in [6, 6.07) is 11.5. The number of anilines is 1. The number of carbonyl (C=O) groups is 1. The van der Waals surface area contributed by atoms with Gasteiger partial charge >= 0.3 is 0 Å². The monoisotopic (exact) mass is 322 g/mol. The maximum atomic E-state index is 12.1. The van der Waals surface area contributed by atoms with Crippen molar-refractivity contribution in [1.29, 1.82) is 0 Å². The molecule has 1 N–H and O–H groups in total. The first-order chi connectivity index (χ1) is 11.5. The number of amides is 1. The minimum Gasteiger partial charge on any atom is -0.356 e. The number of nitrogens with zero attached hydrogens (tertiary/aromatic N) is 3. The van der Waals surface area contributed by atoms with E-state index in [0.717, 1.165) is 17.0 Å². The highest BCUT2D eigenvalue weighted by Gasteiger charge is 2.12. The molecule has 3 rings (SSSR count). The van der Waals surface area contributed by atoms with Gasteiger partial charge < -0.3 is 4.52 Å². The first-order valence-electron chi connectivity index (χ1n) is 7.64. The molecule has 122 valence electrons. The molecule has 0 saturated heterocycles. The van der Waals surface area contributed by atoms with E-state index in [-0.39, 0.29) is 12.3 Å². The van der Waals surface area contributed by atoms with Gasteiger partial charge in [0, 0.05) is 23.0 Å². The van der Waals surface area contributed by atoms with E-state index in [0.29, 0.717) is 17.4 Å². The predicted molar refractivity (Wildman–Crippen MR) is 90.5 cm³/mol. The number of aromatic nitrogens is 3. The number of benzene rings is 1. The van der Waals surface area contributed by atoms with Gasteiger partial charge in [-0.05, 0) is 26.8 Å². The summed E-state index contributed by atoms with van der Waals surface area (Å²) in [4.78, 5) is 20.5. The summed E-state index contributed by atoms with van der Waals surface area (Å²) in [6.07, 6.45) is 0.103. The first kappa shape index (κ1) is 15.9. The maximum Gasteiger partial charge on any atom is 0.232 e. The van der Waals surface area contributed by atoms with Crippen LogP contribution in [0.25, 0.3) is 11.3 Å². The SMILES string of the molecule is Cc1ccc(-c2cc(CC(=O)Nc3nc(C)cc(C)n3)no2)cc1. The van der Waals surface area contributed by atoms with Crippen molar-refractivity contribution in [3.8, 4) is 11.3 Å². The zero-order chi connectivity index (χ0) is 17.1. The van der Waals surface area contributed by atoms with Crippen LogP contribution in [0.3, 0.4) is 0 Å². The van der Waals surface area contributed by atoms with E-state index in [1.807, 2.05) is 51.1 Å². The summed E-state index contributed by atoms with van der Waals surface area (Å²) in [5.74, 6) is 0.712. The number of nitrogens with one attached hydrogen (secondary N) is 1. The van der Waals surface area contributed by atoms with Crippen LogP contribution in [0.5, 0.6) is 0 Å². The molecule has 1 amide bonds. The summed E-state index contributed by atoms with van der Waals surface area (Å²) < 4.78 is 5.32. The Bertz CT molecular complexity index is 849. The van der Waals surface area contributed by atoms with Gasteiger partial charge in [-0.25, -0.2) is 9.97 Å². The molecular weight excluding hydrogens is 304 g/mol. The van der Waals surface area contributed by atoms with E-state index in [4.69, 9.17) is 4.52 Å². The van der Waals surface area contributed by atoms with Crippen molar-refractivity contribution in [2.75, 3.05) is 5.32 Å². The second kappa shape index (κ2) is 6.62. The van der Waals surface area contributed by atoms with Gasteiger partial charge in [0.2, 0.25) is 11.9 Å². The summed E-state index contributed by atoms with van der Waals surface area (Å²) in [5.41, 5.74) is 4.28. The molecule has 6 heteroatoms. The summed E-state index contributed by atoms with van der Waals surface area (Å²) in [7, 11) is 0. The van der Waals surface area contributed by atoms with Crippen LogP contribution in [-0.4, -0.2) is 21.0 Å². The molecule has 0 radical (unpaired) electrons. The van der Waals surface area contributed by atoms with Crippen LogP contribution in [0.2, 0.25) is 0 Å². The molecule has 0 saturated carbocycles. The van der Waals surface area contributed by atoms with Crippen molar-refractivity contribution in [3.63, 3.8) is 0 Å². The van der Waals surface area contributed by atoms with Crippen LogP contribution >= 0.6 is 0 Å². The van der Waals surface area contributed by atoms with Gasteiger partial charge in [0.15, 0.2) is 5.76 Å². The smallest absolute Gasteiger partial charge is 0.232 e. The highest BCUT2D eigenvalue weighted by atomic mass is 16.5. The van der Waals surface area contributed by atoms with E-state index >= 15 is 0 Å². The Morgan fingerprint density at radius 2 is 1.71 bits per heavy atom. The zero-order valence-electron chi connectivity index (χ0n) is 13.8. The number of rotatable bonds is 4. The van der Waals surface area contributed by atoms with Gasteiger partial charge in [0.05, 0.1) is 12.1 Å². The second-order valence-corrected chi connectivity index (χ2v) is 5.75. The fourth-order valence-electron chi connectivity index (χ4n) is 2.36. The van der Waals surface area contributed by atoms with Crippen LogP contribution in [0.4, 0.5) is 5.95 Å². The lowest BCUT2D eigenvalue weighted by Gasteiger charge is -2.04. The molecule has 0 spiro atoms. The number of hydrogen-bond acceptors (Lipinski definition) is 5. The van der Waals surface area contributed by atoms with Crippen LogP contribution in [-0.2, 0) is 11.2 Å². The Morgan fingerprint density at radius 1 is 1.04 bits per heavy atom. The third kappa shape index (κ3) is 3.84. The fraction of sp³-hybridized carbons (Fsp3) is 0.222. The molecular formula is C18H18N4O2. The standard InChI is InChI=1S/C18H18N4O2/c1-11-4-6-14(7-5-11)16-9-15(22-24-16)10-17(23)21-18-19-12(2)8-13(3)20-18/h4-9H,10H2,1-3H3,(H,19,20,21,23). The predicted octanol–water partition coefficient (Wildman–Crippen LogP) is 3.24. The summed E-state index contributed by atoms with van der Waals surface area (Å²) in [6.45, 7) is 5.74. The Balaban J connectivity index is 1.68. The molecule has 0 aliphatic rings. The lowest BCUT2D eigenvalue weighted by atomic mass is 10.1. The molecule has 0 aliphatic heterocycles. The van der Waals surface area contributed by atoms with E-state index in [1.54, 1.807) is 6.07 Å². The number of hydrogen-bond donors (Lipinski definition) is 1. The van der Waals surface area contributed by atoms with E-state index in [9.17, 15) is 4.79 Å². The van der Waals surface area contributed by atoms with Crippen molar-refractivity contribution in [1.82, 2.24) is 15.1 Å². The number of carbonyl (C=O) groups excluding carboxylic acids is 1. The highest BCUT2D eigenvalue weighted by molar-refractivity contribution is 5.90. The molecule has 0 bridgehead atoms. The van der Waals surface area contributed by atoms with Gasteiger partial charge in [0.25, 0.3) is 0 Å². The van der Waals surface area contributed by atoms with Crippen molar-refractivity contribution < 1.29 is 9.32 Å². The van der Waals surface area contributed by atoms with Crippen molar-refractivity contribution in [2.24, 2.45) is 0 Å². The van der Waals surface area contributed by atoms with Crippen LogP contribution in [0.15, 0.2) is 40.9 Å². The average Bonchev–Trinajstić information content (AvgIpc) is 2.95.